The van der Waals surface area contributed by atoms with Gasteiger partial charge in [0.15, 0.2) is 0 Å². The quantitative estimate of drug-likeness (QED) is 0.823. The zero-order valence-corrected chi connectivity index (χ0v) is 11.4. The molecule has 0 spiro atoms. The molecule has 2 aromatic rings. The van der Waals surface area contributed by atoms with Crippen molar-refractivity contribution >= 4 is 0 Å². The van der Waals surface area contributed by atoms with E-state index >= 15 is 0 Å². The molecule has 0 aliphatic heterocycles. The van der Waals surface area contributed by atoms with Crippen molar-refractivity contribution in [2.75, 3.05) is 6.54 Å². The van der Waals surface area contributed by atoms with E-state index in [4.69, 9.17) is 9.84 Å². The fourth-order valence-electron chi connectivity index (χ4n) is 1.80. The van der Waals surface area contributed by atoms with E-state index in [0.29, 0.717) is 12.3 Å². The fourth-order valence-corrected chi connectivity index (χ4v) is 1.80. The van der Waals surface area contributed by atoms with Crippen molar-refractivity contribution in [3.8, 4) is 11.5 Å². The number of ether oxygens (including phenoxy) is 1. The van der Waals surface area contributed by atoms with Gasteiger partial charge in [-0.3, -0.25) is 0 Å². The van der Waals surface area contributed by atoms with E-state index in [1.807, 2.05) is 54.6 Å². The number of hydrogen-bond donors (Lipinski definition) is 2. The molecular weight excluding hydrogens is 276 g/mol. The van der Waals surface area contributed by atoms with E-state index in [-0.39, 0.29) is 6.54 Å². The summed E-state index contributed by atoms with van der Waals surface area (Å²) in [6.07, 6.45) is -4.38. The van der Waals surface area contributed by atoms with Crippen LogP contribution >= 0.6 is 0 Å². The van der Waals surface area contributed by atoms with E-state index in [9.17, 15) is 8.78 Å². The number of hydrogen-bond acceptors (Lipinski definition) is 3. The number of para-hydroxylation sites is 1. The van der Waals surface area contributed by atoms with Crippen LogP contribution < -0.4 is 10.1 Å². The van der Waals surface area contributed by atoms with Crippen LogP contribution in [0.2, 0.25) is 0 Å². The Bertz CT molecular complexity index is 549. The van der Waals surface area contributed by atoms with Crippen molar-refractivity contribution in [3.05, 3.63) is 60.2 Å². The Kier molecular flexibility index (Phi) is 5.66. The number of benzene rings is 2. The Morgan fingerprint density at radius 3 is 2.43 bits per heavy atom. The molecule has 2 aromatic carbocycles. The van der Waals surface area contributed by atoms with Crippen LogP contribution in [0.5, 0.6) is 11.5 Å². The van der Waals surface area contributed by atoms with E-state index in [1.54, 1.807) is 0 Å². The van der Waals surface area contributed by atoms with Gasteiger partial charge in [0.05, 0.1) is 0 Å². The lowest BCUT2D eigenvalue weighted by molar-refractivity contribution is -0.00340. The van der Waals surface area contributed by atoms with Crippen LogP contribution in [0.3, 0.4) is 0 Å². The lowest BCUT2D eigenvalue weighted by Gasteiger charge is -2.11. The van der Waals surface area contributed by atoms with Gasteiger partial charge in [0.1, 0.15) is 17.6 Å². The molecule has 21 heavy (non-hydrogen) atoms. The Balaban J connectivity index is 1.89. The standard InChI is InChI=1S/C16H17F2NO2/c17-16(18)15(20)11-19-10-12-5-4-8-14(9-12)21-13-6-2-1-3-7-13/h1-9,15-16,19-20H,10-11H2. The van der Waals surface area contributed by atoms with E-state index in [2.05, 4.69) is 5.32 Å². The number of halogens is 2. The number of aliphatic hydroxyl groups is 1. The van der Waals surface area contributed by atoms with Gasteiger partial charge in [0.2, 0.25) is 0 Å². The number of rotatable bonds is 7. The minimum Gasteiger partial charge on any atom is -0.457 e. The second kappa shape index (κ2) is 7.71. The van der Waals surface area contributed by atoms with Gasteiger partial charge in [-0.1, -0.05) is 30.3 Å². The van der Waals surface area contributed by atoms with Gasteiger partial charge in [0.25, 0.3) is 6.43 Å². The van der Waals surface area contributed by atoms with Crippen molar-refractivity contribution in [1.82, 2.24) is 5.32 Å². The van der Waals surface area contributed by atoms with Crippen LogP contribution in [0.15, 0.2) is 54.6 Å². The van der Waals surface area contributed by atoms with Gasteiger partial charge in [-0.05, 0) is 29.8 Å². The second-order valence-corrected chi connectivity index (χ2v) is 4.60. The van der Waals surface area contributed by atoms with E-state index in [0.717, 1.165) is 11.3 Å². The van der Waals surface area contributed by atoms with Gasteiger partial charge in [-0.2, -0.15) is 0 Å². The Morgan fingerprint density at radius 1 is 1.00 bits per heavy atom. The summed E-state index contributed by atoms with van der Waals surface area (Å²) in [5, 5.41) is 11.8. The largest absolute Gasteiger partial charge is 0.457 e. The highest BCUT2D eigenvalue weighted by Gasteiger charge is 2.15. The molecule has 3 nitrogen and oxygen atoms in total. The molecule has 5 heteroatoms. The third-order valence-electron chi connectivity index (χ3n) is 2.85. The molecule has 0 saturated carbocycles. The highest BCUT2D eigenvalue weighted by Crippen LogP contribution is 2.21. The molecule has 0 saturated heterocycles. The highest BCUT2D eigenvalue weighted by atomic mass is 19.3. The van der Waals surface area contributed by atoms with Crippen molar-refractivity contribution in [3.63, 3.8) is 0 Å². The maximum absolute atomic E-state index is 12.2. The summed E-state index contributed by atoms with van der Waals surface area (Å²) in [4.78, 5) is 0. The second-order valence-electron chi connectivity index (χ2n) is 4.60. The van der Waals surface area contributed by atoms with Crippen LogP contribution in [-0.2, 0) is 6.54 Å². The van der Waals surface area contributed by atoms with E-state index in [1.165, 1.54) is 0 Å². The molecule has 0 heterocycles. The summed E-state index contributed by atoms with van der Waals surface area (Å²) in [7, 11) is 0. The molecule has 0 radical (unpaired) electrons. The molecule has 0 fully saturated rings. The van der Waals surface area contributed by atoms with Crippen molar-refractivity contribution in [2.24, 2.45) is 0 Å². The SMILES string of the molecule is OC(CNCc1cccc(Oc2ccccc2)c1)C(F)F. The summed E-state index contributed by atoms with van der Waals surface area (Å²) >= 11 is 0. The lowest BCUT2D eigenvalue weighted by atomic mass is 10.2. The molecular formula is C16H17F2NO2. The molecule has 112 valence electrons. The summed E-state index contributed by atoms with van der Waals surface area (Å²) in [5.74, 6) is 1.41. The first-order valence-corrected chi connectivity index (χ1v) is 6.64. The molecule has 2 rings (SSSR count). The van der Waals surface area contributed by atoms with E-state index < -0.39 is 12.5 Å². The highest BCUT2D eigenvalue weighted by molar-refractivity contribution is 5.33. The van der Waals surface area contributed by atoms with Crippen LogP contribution in [-0.4, -0.2) is 24.2 Å². The first-order chi connectivity index (χ1) is 10.1. The molecule has 1 atom stereocenters. The van der Waals surface area contributed by atoms with Gasteiger partial charge in [0, 0.05) is 13.1 Å². The van der Waals surface area contributed by atoms with Crippen molar-refractivity contribution in [1.29, 1.82) is 0 Å². The van der Waals surface area contributed by atoms with Crippen LogP contribution in [0.4, 0.5) is 8.78 Å². The van der Waals surface area contributed by atoms with Crippen molar-refractivity contribution < 1.29 is 18.6 Å². The molecule has 0 aromatic heterocycles. The summed E-state index contributed by atoms with van der Waals surface area (Å²) in [5.41, 5.74) is 0.893. The smallest absolute Gasteiger partial charge is 0.265 e. The van der Waals surface area contributed by atoms with Gasteiger partial charge >= 0.3 is 0 Å². The number of aliphatic hydroxyl groups excluding tert-OH is 1. The lowest BCUT2D eigenvalue weighted by Crippen LogP contribution is -2.31. The topological polar surface area (TPSA) is 41.5 Å². The molecule has 2 N–H and O–H groups in total. The molecule has 1 unspecified atom stereocenters. The Labute approximate surface area is 122 Å². The van der Waals surface area contributed by atoms with Crippen LogP contribution in [0, 0.1) is 0 Å². The zero-order chi connectivity index (χ0) is 15.1. The molecule has 0 bridgehead atoms. The van der Waals surface area contributed by atoms with Crippen LogP contribution in [0.25, 0.3) is 0 Å². The average Bonchev–Trinajstić information content (AvgIpc) is 2.48. The molecule has 0 aliphatic rings. The summed E-state index contributed by atoms with van der Waals surface area (Å²) < 4.78 is 30.0. The first kappa shape index (κ1) is 15.4. The minimum atomic E-state index is -2.73. The summed E-state index contributed by atoms with van der Waals surface area (Å²) in [6.45, 7) is 0.233. The maximum atomic E-state index is 12.2. The zero-order valence-electron chi connectivity index (χ0n) is 11.4. The fraction of sp³-hybridized carbons (Fsp3) is 0.250. The average molecular weight is 293 g/mol. The minimum absolute atomic E-state index is 0.151. The molecule has 0 amide bonds. The predicted molar refractivity (Wildman–Crippen MR) is 76.7 cm³/mol. The third-order valence-corrected chi connectivity index (χ3v) is 2.85. The first-order valence-electron chi connectivity index (χ1n) is 6.64. The van der Waals surface area contributed by atoms with Gasteiger partial charge in [-0.25, -0.2) is 8.78 Å². The van der Waals surface area contributed by atoms with Gasteiger partial charge < -0.3 is 15.2 Å². The van der Waals surface area contributed by atoms with Gasteiger partial charge in [-0.15, -0.1) is 0 Å². The van der Waals surface area contributed by atoms with Crippen molar-refractivity contribution in [2.45, 2.75) is 19.1 Å². The normalized spacial score (nSPS) is 12.4. The monoisotopic (exact) mass is 293 g/mol. The Hall–Kier alpha value is -1.98. The number of alkyl halides is 2. The molecule has 0 aliphatic carbocycles. The Morgan fingerprint density at radius 2 is 1.71 bits per heavy atom. The number of nitrogens with one attached hydrogen (secondary N) is 1. The summed E-state index contributed by atoms with van der Waals surface area (Å²) in [6, 6.07) is 16.7. The maximum Gasteiger partial charge on any atom is 0.265 e. The third kappa shape index (κ3) is 5.13. The predicted octanol–water partition coefficient (Wildman–Crippen LogP) is 3.19. The van der Waals surface area contributed by atoms with Crippen LogP contribution in [0.1, 0.15) is 5.56 Å².